The third kappa shape index (κ3) is 46.8. The number of carbonyl (C=O) groups excluding carboxylic acids is 1. The van der Waals surface area contributed by atoms with Gasteiger partial charge in [-0.2, -0.15) is 0 Å². The molecule has 12 N–H and O–H groups in total. The minimum atomic E-state index is -1.99. The van der Waals surface area contributed by atoms with Gasteiger partial charge in [0, 0.05) is 6.42 Å². The predicted octanol–water partition coefficient (Wildman–Crippen LogP) is 15.9. The fourth-order valence-electron chi connectivity index (χ4n) is 14.2. The lowest BCUT2D eigenvalue weighted by molar-refractivity contribution is -0.379. The lowest BCUT2D eigenvalue weighted by Crippen LogP contribution is -2.66. The summed E-state index contributed by atoms with van der Waals surface area (Å²) in [7, 11) is 0. The first-order valence-electron chi connectivity index (χ1n) is 43.5. The van der Waals surface area contributed by atoms with Gasteiger partial charge in [-0.1, -0.05) is 329 Å². The fourth-order valence-corrected chi connectivity index (χ4v) is 14.2. The van der Waals surface area contributed by atoms with Crippen LogP contribution in [0.3, 0.4) is 0 Å². The zero-order chi connectivity index (χ0) is 78.1. The van der Waals surface area contributed by atoms with E-state index in [1.807, 2.05) is 6.08 Å². The molecule has 3 fully saturated rings. The van der Waals surface area contributed by atoms with Crippen LogP contribution < -0.4 is 5.32 Å². The molecule has 0 aromatic heterocycles. The van der Waals surface area contributed by atoms with Crippen LogP contribution in [0.4, 0.5) is 0 Å². The monoisotopic (exact) mass is 1530 g/mol. The van der Waals surface area contributed by atoms with Crippen LogP contribution in [0.15, 0.2) is 97.2 Å². The maximum Gasteiger partial charge on any atom is 0.220 e. The molecular weight excluding hydrogens is 1370 g/mol. The Morgan fingerprint density at radius 3 is 1.04 bits per heavy atom. The summed E-state index contributed by atoms with van der Waals surface area (Å²) < 4.78 is 34.5. The average molecular weight is 1530 g/mol. The van der Waals surface area contributed by atoms with Crippen molar-refractivity contribution < 1.29 is 89.4 Å². The number of allylic oxidation sites excluding steroid dienone is 15. The summed E-state index contributed by atoms with van der Waals surface area (Å²) in [6.07, 6.45) is 67.0. The van der Waals surface area contributed by atoms with E-state index in [4.69, 9.17) is 28.4 Å². The summed E-state index contributed by atoms with van der Waals surface area (Å²) >= 11 is 0. The van der Waals surface area contributed by atoms with E-state index in [2.05, 4.69) is 104 Å². The predicted molar refractivity (Wildman–Crippen MR) is 434 cm³/mol. The highest BCUT2D eigenvalue weighted by molar-refractivity contribution is 5.76. The summed E-state index contributed by atoms with van der Waals surface area (Å²) in [5, 5.41) is 121. The number of carbonyl (C=O) groups is 1. The lowest BCUT2D eigenvalue weighted by atomic mass is 9.96. The Kier molecular flexibility index (Phi) is 62.4. The van der Waals surface area contributed by atoms with Gasteiger partial charge < -0.3 is 89.9 Å². The van der Waals surface area contributed by atoms with Crippen LogP contribution in [0.1, 0.15) is 328 Å². The number of hydrogen-bond donors (Lipinski definition) is 12. The number of unbranched alkanes of at least 4 members (excludes halogenated alkanes) is 39. The average Bonchev–Trinajstić information content (AvgIpc) is 0.779. The maximum atomic E-state index is 13.5. The van der Waals surface area contributed by atoms with Crippen molar-refractivity contribution in [3.05, 3.63) is 97.2 Å². The summed E-state index contributed by atoms with van der Waals surface area (Å²) in [5.41, 5.74) is 0. The highest BCUT2D eigenvalue weighted by Crippen LogP contribution is 2.33. The molecule has 19 heteroatoms. The normalized spacial score (nSPS) is 25.9. The van der Waals surface area contributed by atoms with Crippen LogP contribution in [0, 0.1) is 0 Å². The Morgan fingerprint density at radius 1 is 0.343 bits per heavy atom. The lowest BCUT2D eigenvalue weighted by Gasteiger charge is -2.48. The summed E-state index contributed by atoms with van der Waals surface area (Å²) in [6.45, 7) is 1.63. The second kappa shape index (κ2) is 68.1. The molecule has 19 nitrogen and oxygen atoms in total. The molecule has 0 aromatic rings. The van der Waals surface area contributed by atoms with Gasteiger partial charge in [0.2, 0.25) is 5.91 Å². The van der Waals surface area contributed by atoms with E-state index in [-0.39, 0.29) is 18.9 Å². The molecule has 0 saturated carbocycles. The van der Waals surface area contributed by atoms with E-state index in [1.54, 1.807) is 6.08 Å². The molecule has 17 unspecified atom stereocenters. The topological polar surface area (TPSA) is 307 Å². The van der Waals surface area contributed by atoms with Crippen LogP contribution in [0.5, 0.6) is 0 Å². The molecule has 0 aliphatic carbocycles. The first-order chi connectivity index (χ1) is 52.8. The molecule has 3 heterocycles. The van der Waals surface area contributed by atoms with Crippen molar-refractivity contribution in [2.24, 2.45) is 0 Å². The van der Waals surface area contributed by atoms with E-state index in [0.29, 0.717) is 12.8 Å². The van der Waals surface area contributed by atoms with Gasteiger partial charge in [0.05, 0.1) is 38.6 Å². The second-order valence-electron chi connectivity index (χ2n) is 30.6. The zero-order valence-electron chi connectivity index (χ0n) is 67.3. The SMILES string of the molecule is CC/C=C\C/C=C\C/C=C\C/C=C\C/C=C\CCCCCCCCCCCCCCCCCC(=O)NC(COC1OC(CO)C(OC2OC(CO)C(OC3OC(CO)C(O)C(O)C3O)C(O)C2O)C(O)C1O)C(O)/C=C/CC/C=C/CC/C=C/CCCCCCCCCCCCCCCCCCCCCCCC. The van der Waals surface area contributed by atoms with Gasteiger partial charge in [-0.15, -0.1) is 0 Å². The minimum Gasteiger partial charge on any atom is -0.394 e. The van der Waals surface area contributed by atoms with Crippen molar-refractivity contribution in [1.82, 2.24) is 5.32 Å². The molecule has 1 amide bonds. The molecule has 626 valence electrons. The smallest absolute Gasteiger partial charge is 0.220 e. The molecule has 0 spiro atoms. The number of ether oxygens (including phenoxy) is 6. The van der Waals surface area contributed by atoms with Crippen LogP contribution in [0.25, 0.3) is 0 Å². The van der Waals surface area contributed by atoms with Crippen molar-refractivity contribution in [2.75, 3.05) is 26.4 Å². The van der Waals surface area contributed by atoms with Crippen molar-refractivity contribution in [1.29, 1.82) is 0 Å². The standard InChI is InChI=1S/C89H157NO18/c1-3-5-7-9-11-13-15-17-19-21-23-25-27-29-31-33-35-37-38-40-42-44-46-48-50-52-54-56-58-60-62-64-66-73(94)72(90-77(95)67-65-63-61-59-57-55-53-51-49-47-45-43-41-39-36-34-32-30-28-26-24-22-20-18-16-14-12-10-8-6-4-2)71-103-87-83(101)80(98)85(75(69-92)105-87)108-89-84(102)81(99)86(76(70-93)106-89)107-88-82(100)79(97)78(96)74(68-91)104-88/h6,8,12,14,18,20,24,26,30,32,48,50,56,58,64,66,72-76,78-89,91-94,96-102H,3-5,7,9-11,13,15-17,19,21-23,25,27-29,31,33-47,49,51-55,57,59-63,65,67-71H2,1-2H3,(H,90,95)/b8-6-,14-12-,20-18-,26-24-,32-30-,50-48+,58-56+,66-64+. The molecule has 3 aliphatic heterocycles. The molecular formula is C89H157NO18. The Labute approximate surface area is 653 Å². The van der Waals surface area contributed by atoms with Crippen LogP contribution in [-0.4, -0.2) is 193 Å². The van der Waals surface area contributed by atoms with Crippen molar-refractivity contribution >= 4 is 5.91 Å². The Balaban J connectivity index is 1.36. The van der Waals surface area contributed by atoms with E-state index in [9.17, 15) is 61.0 Å². The summed E-state index contributed by atoms with van der Waals surface area (Å²) in [5.74, 6) is -0.289. The first-order valence-corrected chi connectivity index (χ1v) is 43.5. The fraction of sp³-hybridized carbons (Fsp3) is 0.809. The first kappa shape index (κ1) is 98.9. The largest absolute Gasteiger partial charge is 0.394 e. The van der Waals surface area contributed by atoms with E-state index >= 15 is 0 Å². The van der Waals surface area contributed by atoms with Crippen LogP contribution in [-0.2, 0) is 33.2 Å². The number of hydrogen-bond acceptors (Lipinski definition) is 18. The Hall–Kier alpha value is -3.29. The van der Waals surface area contributed by atoms with Crippen molar-refractivity contribution in [3.8, 4) is 0 Å². The summed E-state index contributed by atoms with van der Waals surface area (Å²) in [6, 6.07) is -1.00. The number of aliphatic hydroxyl groups excluding tert-OH is 11. The quantitative estimate of drug-likeness (QED) is 0.0199. The summed E-state index contributed by atoms with van der Waals surface area (Å²) in [4.78, 5) is 13.5. The van der Waals surface area contributed by atoms with Gasteiger partial charge in [0.15, 0.2) is 18.9 Å². The zero-order valence-corrected chi connectivity index (χ0v) is 67.3. The molecule has 3 aliphatic rings. The van der Waals surface area contributed by atoms with Gasteiger partial charge in [-0.3, -0.25) is 4.79 Å². The number of nitrogens with one attached hydrogen (secondary N) is 1. The maximum absolute atomic E-state index is 13.5. The molecule has 108 heavy (non-hydrogen) atoms. The molecule has 17 atom stereocenters. The third-order valence-electron chi connectivity index (χ3n) is 21.1. The highest BCUT2D eigenvalue weighted by Gasteiger charge is 2.54. The number of rotatable bonds is 69. The van der Waals surface area contributed by atoms with Gasteiger partial charge >= 0.3 is 0 Å². The minimum absolute atomic E-state index is 0.227. The molecule has 3 rings (SSSR count). The highest BCUT2D eigenvalue weighted by atomic mass is 16.8. The van der Waals surface area contributed by atoms with Crippen LogP contribution in [0.2, 0.25) is 0 Å². The van der Waals surface area contributed by atoms with Gasteiger partial charge in [0.25, 0.3) is 0 Å². The Bertz CT molecular complexity index is 2330. The van der Waals surface area contributed by atoms with Crippen LogP contribution >= 0.6 is 0 Å². The van der Waals surface area contributed by atoms with Crippen molar-refractivity contribution in [3.63, 3.8) is 0 Å². The van der Waals surface area contributed by atoms with Gasteiger partial charge in [-0.25, -0.2) is 0 Å². The van der Waals surface area contributed by atoms with Crippen molar-refractivity contribution in [2.45, 2.75) is 433 Å². The third-order valence-corrected chi connectivity index (χ3v) is 21.1. The van der Waals surface area contributed by atoms with E-state index in [1.165, 1.54) is 212 Å². The number of aliphatic hydroxyl groups is 11. The van der Waals surface area contributed by atoms with Gasteiger partial charge in [-0.05, 0) is 89.9 Å². The number of amides is 1. The molecule has 3 saturated heterocycles. The molecule has 0 aromatic carbocycles. The van der Waals surface area contributed by atoms with E-state index < -0.39 is 124 Å². The molecule has 0 radical (unpaired) electrons. The van der Waals surface area contributed by atoms with E-state index in [0.717, 1.165) is 83.5 Å². The second-order valence-corrected chi connectivity index (χ2v) is 30.6. The van der Waals surface area contributed by atoms with Gasteiger partial charge in [0.1, 0.15) is 73.2 Å². The molecule has 0 bridgehead atoms. The Morgan fingerprint density at radius 2 is 0.648 bits per heavy atom.